The third-order valence-corrected chi connectivity index (χ3v) is 8.15. The SMILES string of the molecule is Cc1ccc2c(c1)[C@@H]1C=CC[C@@H]1[C@@H](c1ccc(N=Cc3cc(Br)ccc3OCc3ccc(Cl)cc3)cc1)N2. The molecule has 0 saturated heterocycles. The summed E-state index contributed by atoms with van der Waals surface area (Å²) in [5, 5.41) is 4.54. The number of hydrogen-bond donors (Lipinski definition) is 1. The molecule has 0 unspecified atom stereocenters. The largest absolute Gasteiger partial charge is 0.488 e. The molecule has 3 nitrogen and oxygen atoms in total. The molecule has 38 heavy (non-hydrogen) atoms. The molecule has 6 rings (SSSR count). The first-order chi connectivity index (χ1) is 18.5. The average Bonchev–Trinajstić information content (AvgIpc) is 3.43. The van der Waals surface area contributed by atoms with Gasteiger partial charge in [0.1, 0.15) is 12.4 Å². The standard InChI is InChI=1S/C33H28BrClN2O/c1-21-5-15-31-30(17-21)28-3-2-4-29(28)33(37-31)23-8-13-27(14-9-23)36-19-24-18-25(34)10-16-32(24)38-20-22-6-11-26(35)12-7-22/h2-3,5-19,28-29,33,37H,4,20H2,1H3/t28-,29+,33-/m1/s1. The fraction of sp³-hybridized carbons (Fsp3) is 0.182. The van der Waals surface area contributed by atoms with Crippen molar-refractivity contribution in [2.24, 2.45) is 10.9 Å². The van der Waals surface area contributed by atoms with Crippen LogP contribution in [-0.2, 0) is 6.61 Å². The van der Waals surface area contributed by atoms with Crippen LogP contribution in [0.2, 0.25) is 5.02 Å². The number of aryl methyl sites for hydroxylation is 1. The Labute approximate surface area is 237 Å². The van der Waals surface area contributed by atoms with Crippen LogP contribution < -0.4 is 10.1 Å². The van der Waals surface area contributed by atoms with Crippen molar-refractivity contribution in [1.29, 1.82) is 0 Å². The maximum absolute atomic E-state index is 6.11. The van der Waals surface area contributed by atoms with Gasteiger partial charge in [0.2, 0.25) is 0 Å². The molecule has 5 heteroatoms. The number of fused-ring (bicyclic) bond motifs is 3. The van der Waals surface area contributed by atoms with E-state index in [-0.39, 0.29) is 6.04 Å². The van der Waals surface area contributed by atoms with Crippen LogP contribution in [0.4, 0.5) is 11.4 Å². The first-order valence-electron chi connectivity index (χ1n) is 12.9. The minimum absolute atomic E-state index is 0.279. The minimum Gasteiger partial charge on any atom is -0.488 e. The van der Waals surface area contributed by atoms with E-state index in [0.29, 0.717) is 18.4 Å². The molecule has 2 aliphatic rings. The van der Waals surface area contributed by atoms with E-state index in [1.54, 1.807) is 0 Å². The summed E-state index contributed by atoms with van der Waals surface area (Å²) in [4.78, 5) is 4.77. The fourth-order valence-electron chi connectivity index (χ4n) is 5.45. The first-order valence-corrected chi connectivity index (χ1v) is 14.1. The van der Waals surface area contributed by atoms with Crippen molar-refractivity contribution >= 4 is 45.1 Å². The van der Waals surface area contributed by atoms with Crippen molar-refractivity contribution in [2.45, 2.75) is 31.9 Å². The number of nitrogens with one attached hydrogen (secondary N) is 1. The Morgan fingerprint density at radius 1 is 1.00 bits per heavy atom. The summed E-state index contributed by atoms with van der Waals surface area (Å²) in [5.74, 6) is 1.78. The van der Waals surface area contributed by atoms with Crippen LogP contribution in [0.5, 0.6) is 5.75 Å². The van der Waals surface area contributed by atoms with Gasteiger partial charge in [0.05, 0.1) is 11.7 Å². The third kappa shape index (κ3) is 5.29. The quantitative estimate of drug-likeness (QED) is 0.181. The van der Waals surface area contributed by atoms with Crippen LogP contribution in [0, 0.1) is 12.8 Å². The summed E-state index contributed by atoms with van der Waals surface area (Å²) in [6, 6.07) is 29.3. The number of nitrogens with zero attached hydrogens (tertiary/aromatic N) is 1. The number of aliphatic imine (C=N–C) groups is 1. The van der Waals surface area contributed by atoms with Gasteiger partial charge in [0, 0.05) is 32.9 Å². The summed E-state index contributed by atoms with van der Waals surface area (Å²) in [6.07, 6.45) is 7.69. The third-order valence-electron chi connectivity index (χ3n) is 7.40. The van der Waals surface area contributed by atoms with Crippen molar-refractivity contribution in [3.63, 3.8) is 0 Å². The van der Waals surface area contributed by atoms with Crippen molar-refractivity contribution < 1.29 is 4.74 Å². The Morgan fingerprint density at radius 3 is 2.63 bits per heavy atom. The first kappa shape index (κ1) is 25.0. The van der Waals surface area contributed by atoms with Gasteiger partial charge in [-0.25, -0.2) is 0 Å². The van der Waals surface area contributed by atoms with E-state index in [4.69, 9.17) is 21.3 Å². The van der Waals surface area contributed by atoms with Gasteiger partial charge in [-0.2, -0.15) is 0 Å². The van der Waals surface area contributed by atoms with Gasteiger partial charge in [0.25, 0.3) is 0 Å². The molecule has 1 aliphatic heterocycles. The molecule has 4 aromatic rings. The van der Waals surface area contributed by atoms with Gasteiger partial charge in [0.15, 0.2) is 0 Å². The van der Waals surface area contributed by atoms with Gasteiger partial charge in [-0.1, -0.05) is 81.6 Å². The van der Waals surface area contributed by atoms with Crippen LogP contribution in [0.1, 0.15) is 46.2 Å². The van der Waals surface area contributed by atoms with Crippen LogP contribution in [0.3, 0.4) is 0 Å². The van der Waals surface area contributed by atoms with Gasteiger partial charge in [-0.05, 0) is 84.5 Å². The highest BCUT2D eigenvalue weighted by Crippen LogP contribution is 2.50. The lowest BCUT2D eigenvalue weighted by Gasteiger charge is -2.37. The van der Waals surface area contributed by atoms with Crippen LogP contribution in [-0.4, -0.2) is 6.21 Å². The topological polar surface area (TPSA) is 33.6 Å². The zero-order chi connectivity index (χ0) is 26.1. The summed E-state index contributed by atoms with van der Waals surface area (Å²) >= 11 is 9.58. The second-order valence-electron chi connectivity index (χ2n) is 10.0. The Balaban J connectivity index is 1.19. The van der Waals surface area contributed by atoms with E-state index in [2.05, 4.69) is 82.8 Å². The maximum atomic E-state index is 6.11. The molecule has 0 bridgehead atoms. The molecule has 0 saturated carbocycles. The predicted molar refractivity (Wildman–Crippen MR) is 161 cm³/mol. The molecule has 0 spiro atoms. The molecule has 0 fully saturated rings. The van der Waals surface area contributed by atoms with E-state index < -0.39 is 0 Å². The molecule has 190 valence electrons. The summed E-state index contributed by atoms with van der Waals surface area (Å²) < 4.78 is 7.09. The normalized spacial score (nSPS) is 19.7. The van der Waals surface area contributed by atoms with Gasteiger partial charge >= 0.3 is 0 Å². The van der Waals surface area contributed by atoms with E-state index in [1.807, 2.05) is 48.7 Å². The fourth-order valence-corrected chi connectivity index (χ4v) is 5.95. The second-order valence-corrected chi connectivity index (χ2v) is 11.4. The monoisotopic (exact) mass is 582 g/mol. The number of anilines is 1. The second kappa shape index (κ2) is 10.8. The van der Waals surface area contributed by atoms with Gasteiger partial charge < -0.3 is 10.1 Å². The summed E-state index contributed by atoms with van der Waals surface area (Å²) in [6.45, 7) is 2.63. The number of ether oxygens (including phenoxy) is 1. The highest BCUT2D eigenvalue weighted by atomic mass is 79.9. The van der Waals surface area contributed by atoms with Crippen molar-refractivity contribution in [2.75, 3.05) is 5.32 Å². The molecular weight excluding hydrogens is 556 g/mol. The van der Waals surface area contributed by atoms with E-state index in [0.717, 1.165) is 38.5 Å². The molecule has 0 aromatic heterocycles. The molecular formula is C33H28BrClN2O. The molecule has 1 N–H and O–H groups in total. The average molecular weight is 584 g/mol. The zero-order valence-corrected chi connectivity index (χ0v) is 23.4. The summed E-state index contributed by atoms with van der Waals surface area (Å²) in [5.41, 5.74) is 8.16. The Morgan fingerprint density at radius 2 is 1.82 bits per heavy atom. The lowest BCUT2D eigenvalue weighted by Crippen LogP contribution is -2.29. The predicted octanol–water partition coefficient (Wildman–Crippen LogP) is 9.57. The lowest BCUT2D eigenvalue weighted by atomic mass is 9.76. The Hall–Kier alpha value is -3.34. The highest BCUT2D eigenvalue weighted by molar-refractivity contribution is 9.10. The van der Waals surface area contributed by atoms with Crippen LogP contribution >= 0.6 is 27.5 Å². The van der Waals surface area contributed by atoms with Gasteiger partial charge in [-0.3, -0.25) is 4.99 Å². The number of hydrogen-bond acceptors (Lipinski definition) is 3. The minimum atomic E-state index is 0.279. The number of allylic oxidation sites excluding steroid dienone is 2. The molecule has 1 aliphatic carbocycles. The smallest absolute Gasteiger partial charge is 0.128 e. The molecule has 1 heterocycles. The van der Waals surface area contributed by atoms with E-state index >= 15 is 0 Å². The number of halogens is 2. The van der Waals surface area contributed by atoms with Crippen LogP contribution in [0.25, 0.3) is 0 Å². The van der Waals surface area contributed by atoms with E-state index in [9.17, 15) is 0 Å². The Bertz CT molecular complexity index is 1510. The van der Waals surface area contributed by atoms with E-state index in [1.165, 1.54) is 22.4 Å². The number of benzene rings is 4. The molecule has 0 amide bonds. The molecule has 4 aromatic carbocycles. The molecule has 3 atom stereocenters. The van der Waals surface area contributed by atoms with Gasteiger partial charge in [-0.15, -0.1) is 0 Å². The zero-order valence-electron chi connectivity index (χ0n) is 21.1. The lowest BCUT2D eigenvalue weighted by molar-refractivity contribution is 0.306. The number of rotatable bonds is 6. The van der Waals surface area contributed by atoms with Crippen molar-refractivity contribution in [3.05, 3.63) is 134 Å². The van der Waals surface area contributed by atoms with Crippen molar-refractivity contribution in [1.82, 2.24) is 0 Å². The van der Waals surface area contributed by atoms with Crippen molar-refractivity contribution in [3.8, 4) is 5.75 Å². The highest BCUT2D eigenvalue weighted by Gasteiger charge is 2.37. The summed E-state index contributed by atoms with van der Waals surface area (Å²) in [7, 11) is 0. The van der Waals surface area contributed by atoms with Crippen LogP contribution in [0.15, 0.2) is 107 Å². The maximum Gasteiger partial charge on any atom is 0.128 e. The Kier molecular flexibility index (Phi) is 7.10. The molecule has 0 radical (unpaired) electrons.